The van der Waals surface area contributed by atoms with Gasteiger partial charge >= 0.3 is 0 Å². The minimum atomic E-state index is 0.847. The third-order valence-corrected chi connectivity index (χ3v) is 4.99. The quantitative estimate of drug-likeness (QED) is 0.628. The highest BCUT2D eigenvalue weighted by atomic mass is 16.5. The standard InChI is InChI=1S/C16H30N2O/c1(9-19-12-13-2-3-13)7-17-8-6-14-10-15-4-5-16(11-14)18-15/h13-18H,1-12H2. The highest BCUT2D eigenvalue weighted by Crippen LogP contribution is 2.32. The molecule has 0 aromatic rings. The molecular formula is C16H30N2O. The third-order valence-electron chi connectivity index (χ3n) is 4.99. The van der Waals surface area contributed by atoms with Crippen molar-refractivity contribution in [3.05, 3.63) is 0 Å². The molecule has 0 amide bonds. The van der Waals surface area contributed by atoms with Gasteiger partial charge in [-0.25, -0.2) is 0 Å². The van der Waals surface area contributed by atoms with E-state index in [1.807, 2.05) is 0 Å². The van der Waals surface area contributed by atoms with E-state index < -0.39 is 0 Å². The van der Waals surface area contributed by atoms with Gasteiger partial charge in [0.1, 0.15) is 0 Å². The van der Waals surface area contributed by atoms with Gasteiger partial charge in [-0.3, -0.25) is 0 Å². The fraction of sp³-hybridized carbons (Fsp3) is 1.00. The first kappa shape index (κ1) is 13.8. The van der Waals surface area contributed by atoms with Crippen molar-refractivity contribution in [3.63, 3.8) is 0 Å². The summed E-state index contributed by atoms with van der Waals surface area (Å²) in [6, 6.07) is 1.69. The first-order valence-electron chi connectivity index (χ1n) is 8.44. The number of hydrogen-bond donors (Lipinski definition) is 2. The van der Waals surface area contributed by atoms with Gasteiger partial charge in [0.15, 0.2) is 0 Å². The Kier molecular flexibility index (Phi) is 5.14. The van der Waals surface area contributed by atoms with Crippen molar-refractivity contribution in [3.8, 4) is 0 Å². The topological polar surface area (TPSA) is 33.3 Å². The highest BCUT2D eigenvalue weighted by molar-refractivity contribution is 4.91. The van der Waals surface area contributed by atoms with E-state index in [0.717, 1.165) is 43.7 Å². The maximum Gasteiger partial charge on any atom is 0.0494 e. The minimum absolute atomic E-state index is 0.847. The Hall–Kier alpha value is -0.120. The van der Waals surface area contributed by atoms with Crippen LogP contribution in [0.1, 0.15) is 51.4 Å². The molecule has 0 radical (unpaired) electrons. The Morgan fingerprint density at radius 1 is 0.947 bits per heavy atom. The molecule has 2 bridgehead atoms. The van der Waals surface area contributed by atoms with Crippen LogP contribution < -0.4 is 10.6 Å². The Morgan fingerprint density at radius 3 is 2.47 bits per heavy atom. The molecular weight excluding hydrogens is 236 g/mol. The number of ether oxygens (including phenoxy) is 1. The van der Waals surface area contributed by atoms with Crippen LogP contribution in [-0.4, -0.2) is 38.4 Å². The van der Waals surface area contributed by atoms with E-state index in [1.54, 1.807) is 0 Å². The van der Waals surface area contributed by atoms with Crippen LogP contribution in [-0.2, 0) is 4.74 Å². The van der Waals surface area contributed by atoms with Crippen molar-refractivity contribution in [1.29, 1.82) is 0 Å². The zero-order chi connectivity index (χ0) is 12.9. The third kappa shape index (κ3) is 4.73. The van der Waals surface area contributed by atoms with Crippen LogP contribution in [0.4, 0.5) is 0 Å². The van der Waals surface area contributed by atoms with Gasteiger partial charge < -0.3 is 15.4 Å². The van der Waals surface area contributed by atoms with Crippen LogP contribution in [0.25, 0.3) is 0 Å². The van der Waals surface area contributed by atoms with Crippen molar-refractivity contribution in [2.24, 2.45) is 11.8 Å². The summed E-state index contributed by atoms with van der Waals surface area (Å²) < 4.78 is 5.64. The average molecular weight is 266 g/mol. The van der Waals surface area contributed by atoms with Crippen LogP contribution >= 0.6 is 0 Å². The fourth-order valence-corrected chi connectivity index (χ4v) is 3.68. The second-order valence-corrected chi connectivity index (χ2v) is 6.89. The molecule has 3 nitrogen and oxygen atoms in total. The Morgan fingerprint density at radius 2 is 1.74 bits per heavy atom. The number of rotatable bonds is 9. The molecule has 2 N–H and O–H groups in total. The number of hydrogen-bond acceptors (Lipinski definition) is 3. The van der Waals surface area contributed by atoms with E-state index in [0.29, 0.717) is 0 Å². The zero-order valence-corrected chi connectivity index (χ0v) is 12.2. The van der Waals surface area contributed by atoms with E-state index >= 15 is 0 Å². The van der Waals surface area contributed by atoms with Crippen molar-refractivity contribution in [2.45, 2.75) is 63.5 Å². The van der Waals surface area contributed by atoms with Crippen LogP contribution in [0, 0.1) is 11.8 Å². The van der Waals surface area contributed by atoms with Gasteiger partial charge in [0.05, 0.1) is 0 Å². The molecule has 2 unspecified atom stereocenters. The average Bonchev–Trinajstić information content (AvgIpc) is 3.18. The summed E-state index contributed by atoms with van der Waals surface area (Å²) in [5.74, 6) is 1.88. The largest absolute Gasteiger partial charge is 0.381 e. The van der Waals surface area contributed by atoms with Gasteiger partial charge in [-0.15, -0.1) is 0 Å². The molecule has 2 aliphatic heterocycles. The van der Waals surface area contributed by atoms with Gasteiger partial charge in [-0.05, 0) is 76.3 Å². The molecule has 1 aliphatic carbocycles. The van der Waals surface area contributed by atoms with E-state index in [-0.39, 0.29) is 0 Å². The molecule has 3 heteroatoms. The minimum Gasteiger partial charge on any atom is -0.381 e. The summed E-state index contributed by atoms with van der Waals surface area (Å²) in [5.41, 5.74) is 0. The van der Waals surface area contributed by atoms with Crippen molar-refractivity contribution >= 4 is 0 Å². The molecule has 2 heterocycles. The smallest absolute Gasteiger partial charge is 0.0494 e. The van der Waals surface area contributed by atoms with Gasteiger partial charge in [-0.2, -0.15) is 0 Å². The molecule has 2 saturated heterocycles. The molecule has 0 aromatic heterocycles. The van der Waals surface area contributed by atoms with Gasteiger partial charge in [0.2, 0.25) is 0 Å². The maximum absolute atomic E-state index is 5.64. The Balaban J connectivity index is 1.14. The lowest BCUT2D eigenvalue weighted by Crippen LogP contribution is -2.38. The predicted molar refractivity (Wildman–Crippen MR) is 78.3 cm³/mol. The van der Waals surface area contributed by atoms with Gasteiger partial charge in [0.25, 0.3) is 0 Å². The highest BCUT2D eigenvalue weighted by Gasteiger charge is 2.32. The number of fused-ring (bicyclic) bond motifs is 2. The second-order valence-electron chi connectivity index (χ2n) is 6.89. The van der Waals surface area contributed by atoms with E-state index in [9.17, 15) is 0 Å². The molecule has 2 atom stereocenters. The number of piperidine rings is 1. The van der Waals surface area contributed by atoms with E-state index in [1.165, 1.54) is 57.9 Å². The molecule has 3 rings (SSSR count). The molecule has 1 saturated carbocycles. The lowest BCUT2D eigenvalue weighted by atomic mass is 9.90. The summed E-state index contributed by atoms with van der Waals surface area (Å²) in [7, 11) is 0. The van der Waals surface area contributed by atoms with Crippen LogP contribution in [0.3, 0.4) is 0 Å². The molecule has 0 aromatic carbocycles. The lowest BCUT2D eigenvalue weighted by molar-refractivity contribution is 0.122. The maximum atomic E-state index is 5.64. The predicted octanol–water partition coefficient (Wildman–Crippen LogP) is 2.31. The van der Waals surface area contributed by atoms with Crippen LogP contribution in [0.5, 0.6) is 0 Å². The zero-order valence-electron chi connectivity index (χ0n) is 12.2. The summed E-state index contributed by atoms with van der Waals surface area (Å²) in [6.07, 6.45) is 11.0. The summed E-state index contributed by atoms with van der Waals surface area (Å²) in [5, 5.41) is 7.31. The van der Waals surface area contributed by atoms with E-state index in [4.69, 9.17) is 4.74 Å². The van der Waals surface area contributed by atoms with Gasteiger partial charge in [0, 0.05) is 25.3 Å². The monoisotopic (exact) mass is 266 g/mol. The van der Waals surface area contributed by atoms with Crippen molar-refractivity contribution in [2.75, 3.05) is 26.3 Å². The molecule has 19 heavy (non-hydrogen) atoms. The normalized spacial score (nSPS) is 33.8. The number of nitrogens with one attached hydrogen (secondary N) is 2. The van der Waals surface area contributed by atoms with Crippen LogP contribution in [0.15, 0.2) is 0 Å². The Labute approximate surface area is 117 Å². The first-order valence-corrected chi connectivity index (χ1v) is 8.44. The lowest BCUT2D eigenvalue weighted by Gasteiger charge is -2.29. The van der Waals surface area contributed by atoms with Crippen molar-refractivity contribution in [1.82, 2.24) is 10.6 Å². The second kappa shape index (κ2) is 7.05. The SMILES string of the molecule is C(CNCCC1CC2CCC(C1)N2)COCC1CC1. The summed E-state index contributed by atoms with van der Waals surface area (Å²) >= 11 is 0. The van der Waals surface area contributed by atoms with Gasteiger partial charge in [-0.1, -0.05) is 0 Å². The summed E-state index contributed by atoms with van der Waals surface area (Å²) in [4.78, 5) is 0. The molecule has 3 fully saturated rings. The molecule has 110 valence electrons. The fourth-order valence-electron chi connectivity index (χ4n) is 3.68. The summed E-state index contributed by atoms with van der Waals surface area (Å²) in [6.45, 7) is 4.29. The van der Waals surface area contributed by atoms with Crippen LogP contribution in [0.2, 0.25) is 0 Å². The molecule has 3 aliphatic rings. The molecule has 0 spiro atoms. The van der Waals surface area contributed by atoms with Crippen molar-refractivity contribution < 1.29 is 4.74 Å². The Bertz CT molecular complexity index is 255. The first-order chi connectivity index (χ1) is 9.40. The van der Waals surface area contributed by atoms with E-state index in [2.05, 4.69) is 10.6 Å².